The van der Waals surface area contributed by atoms with Gasteiger partial charge in [-0.1, -0.05) is 0 Å². The molecule has 3 rings (SSSR count). The predicted octanol–water partition coefficient (Wildman–Crippen LogP) is -0.611. The number of ether oxygens (including phenoxy) is 1. The number of pyridine rings is 1. The third-order valence-corrected chi connectivity index (χ3v) is 3.04. The van der Waals surface area contributed by atoms with Crippen LogP contribution in [0.2, 0.25) is 0 Å². The van der Waals surface area contributed by atoms with Crippen LogP contribution in [-0.2, 0) is 4.74 Å². The highest BCUT2D eigenvalue weighted by atomic mass is 16.6. The maximum Gasteiger partial charge on any atom is 0.347 e. The Hall–Kier alpha value is -1.99. The van der Waals surface area contributed by atoms with Crippen LogP contribution in [0.4, 0.5) is 0 Å². The number of aliphatic imine (C=N–C) groups is 1. The molecule has 0 atom stereocenters. The number of carbonyl (C=O) groups excluding carboxylic acids is 1. The molecule has 1 aromatic rings. The molecule has 0 aromatic carbocycles. The quantitative estimate of drug-likeness (QED) is 0.616. The lowest BCUT2D eigenvalue weighted by molar-refractivity contribution is 0.0708. The molecule has 0 spiro atoms. The van der Waals surface area contributed by atoms with E-state index in [1.165, 1.54) is 6.20 Å². The van der Waals surface area contributed by atoms with Crippen LogP contribution in [-0.4, -0.2) is 43.2 Å². The number of nitrogens with zero attached hydrogens (tertiary/aromatic N) is 2. The second-order valence-electron chi connectivity index (χ2n) is 4.31. The van der Waals surface area contributed by atoms with Crippen LogP contribution < -0.4 is 16.0 Å². The Morgan fingerprint density at radius 3 is 2.89 bits per heavy atom. The number of esters is 1. The van der Waals surface area contributed by atoms with Crippen molar-refractivity contribution in [2.24, 2.45) is 4.99 Å². The van der Waals surface area contributed by atoms with Gasteiger partial charge in [0.05, 0.1) is 18.3 Å². The number of rotatable bonds is 2. The topological polar surface area (TPSA) is 87.6 Å². The first-order chi connectivity index (χ1) is 9.34. The van der Waals surface area contributed by atoms with Gasteiger partial charge < -0.3 is 10.1 Å². The summed E-state index contributed by atoms with van der Waals surface area (Å²) >= 11 is 0. The Morgan fingerprint density at radius 1 is 1.32 bits per heavy atom. The van der Waals surface area contributed by atoms with Gasteiger partial charge in [0.1, 0.15) is 0 Å². The molecule has 0 saturated carbocycles. The van der Waals surface area contributed by atoms with Crippen LogP contribution in [0.1, 0.15) is 22.1 Å². The molecule has 1 fully saturated rings. The van der Waals surface area contributed by atoms with E-state index in [0.717, 1.165) is 18.7 Å². The third kappa shape index (κ3) is 2.56. The van der Waals surface area contributed by atoms with Crippen molar-refractivity contribution in [3.8, 4) is 0 Å². The lowest BCUT2D eigenvalue weighted by Crippen LogP contribution is -2.27. The van der Waals surface area contributed by atoms with Gasteiger partial charge in [0.2, 0.25) is 0 Å². The van der Waals surface area contributed by atoms with E-state index in [1.54, 1.807) is 6.20 Å². The minimum absolute atomic E-state index is 0.0379. The third-order valence-electron chi connectivity index (χ3n) is 3.04. The SMILES string of the molecule is O=C(OC1=NCCN1)c1cnccc1C1NCCN1. The summed E-state index contributed by atoms with van der Waals surface area (Å²) in [4.78, 5) is 20.2. The minimum atomic E-state index is -0.438. The Labute approximate surface area is 110 Å². The van der Waals surface area contributed by atoms with Crippen LogP contribution >= 0.6 is 0 Å². The molecule has 3 N–H and O–H groups in total. The largest absolute Gasteiger partial charge is 0.389 e. The van der Waals surface area contributed by atoms with E-state index in [4.69, 9.17) is 4.74 Å². The molecule has 0 unspecified atom stereocenters. The van der Waals surface area contributed by atoms with Gasteiger partial charge >= 0.3 is 5.97 Å². The molecule has 0 bridgehead atoms. The molecule has 2 aliphatic rings. The van der Waals surface area contributed by atoms with Crippen molar-refractivity contribution in [2.75, 3.05) is 26.2 Å². The lowest BCUT2D eigenvalue weighted by atomic mass is 10.1. The minimum Gasteiger partial charge on any atom is -0.389 e. The summed E-state index contributed by atoms with van der Waals surface area (Å²) in [5.74, 6) is -0.438. The monoisotopic (exact) mass is 261 g/mol. The van der Waals surface area contributed by atoms with E-state index < -0.39 is 5.97 Å². The first-order valence-corrected chi connectivity index (χ1v) is 6.26. The Balaban J connectivity index is 1.80. The van der Waals surface area contributed by atoms with E-state index in [1.807, 2.05) is 6.07 Å². The standard InChI is InChI=1S/C12H15N5O2/c18-11(19-12-16-5-6-17-12)9-7-13-2-1-8(9)10-14-3-4-15-10/h1-2,7,10,14-15H,3-6H2,(H,16,17). The number of nitrogens with one attached hydrogen (secondary N) is 3. The van der Waals surface area contributed by atoms with Gasteiger partial charge in [0.15, 0.2) is 0 Å². The van der Waals surface area contributed by atoms with Crippen molar-refractivity contribution in [1.29, 1.82) is 0 Å². The summed E-state index contributed by atoms with van der Waals surface area (Å²) in [6.45, 7) is 3.08. The second-order valence-corrected chi connectivity index (χ2v) is 4.31. The van der Waals surface area contributed by atoms with Crippen LogP contribution in [0.15, 0.2) is 23.5 Å². The zero-order valence-corrected chi connectivity index (χ0v) is 10.3. The van der Waals surface area contributed by atoms with Gasteiger partial charge in [-0.25, -0.2) is 9.79 Å². The van der Waals surface area contributed by atoms with Gasteiger partial charge in [-0.2, -0.15) is 0 Å². The summed E-state index contributed by atoms with van der Waals surface area (Å²) in [6.07, 6.45) is 3.15. The van der Waals surface area contributed by atoms with Gasteiger partial charge in [-0.05, 0) is 6.07 Å². The fourth-order valence-corrected chi connectivity index (χ4v) is 2.14. The second kappa shape index (κ2) is 5.33. The normalized spacial score (nSPS) is 19.1. The van der Waals surface area contributed by atoms with Gasteiger partial charge in [-0.3, -0.25) is 15.6 Å². The number of carbonyl (C=O) groups is 1. The summed E-state index contributed by atoms with van der Waals surface area (Å²) in [5, 5.41) is 9.44. The molecule has 3 heterocycles. The highest BCUT2D eigenvalue weighted by Crippen LogP contribution is 2.17. The fraction of sp³-hybridized carbons (Fsp3) is 0.417. The van der Waals surface area contributed by atoms with Crippen LogP contribution in [0.25, 0.3) is 0 Å². The summed E-state index contributed by atoms with van der Waals surface area (Å²) in [6, 6.07) is 2.10. The molecule has 0 radical (unpaired) electrons. The fourth-order valence-electron chi connectivity index (χ4n) is 2.14. The lowest BCUT2D eigenvalue weighted by Gasteiger charge is -2.14. The average molecular weight is 261 g/mol. The molecule has 0 aliphatic carbocycles. The number of hydrogen-bond donors (Lipinski definition) is 3. The number of amidine groups is 1. The first kappa shape index (κ1) is 12.1. The average Bonchev–Trinajstić information content (AvgIpc) is 3.11. The summed E-state index contributed by atoms with van der Waals surface area (Å²) < 4.78 is 5.20. The van der Waals surface area contributed by atoms with E-state index in [-0.39, 0.29) is 12.2 Å². The van der Waals surface area contributed by atoms with E-state index in [9.17, 15) is 4.79 Å². The number of aromatic nitrogens is 1. The highest BCUT2D eigenvalue weighted by Gasteiger charge is 2.23. The highest BCUT2D eigenvalue weighted by molar-refractivity contribution is 5.98. The van der Waals surface area contributed by atoms with Crippen LogP contribution in [0.3, 0.4) is 0 Å². The van der Waals surface area contributed by atoms with Crippen molar-refractivity contribution in [3.63, 3.8) is 0 Å². The van der Waals surface area contributed by atoms with Crippen molar-refractivity contribution in [2.45, 2.75) is 6.17 Å². The first-order valence-electron chi connectivity index (χ1n) is 6.26. The molecule has 7 nitrogen and oxygen atoms in total. The zero-order valence-electron chi connectivity index (χ0n) is 10.3. The zero-order chi connectivity index (χ0) is 13.1. The molecule has 100 valence electrons. The molecule has 19 heavy (non-hydrogen) atoms. The van der Waals surface area contributed by atoms with Crippen molar-refractivity contribution >= 4 is 12.0 Å². The van der Waals surface area contributed by atoms with E-state index in [0.29, 0.717) is 18.7 Å². The summed E-state index contributed by atoms with van der Waals surface area (Å²) in [5.41, 5.74) is 1.29. The van der Waals surface area contributed by atoms with Gasteiger partial charge in [-0.15, -0.1) is 0 Å². The Bertz CT molecular complexity index is 511. The molecule has 1 aromatic heterocycles. The molecule has 7 heteroatoms. The predicted molar refractivity (Wildman–Crippen MR) is 68.7 cm³/mol. The molecule has 0 amide bonds. The van der Waals surface area contributed by atoms with Gasteiger partial charge in [0.25, 0.3) is 6.02 Å². The molecule has 2 aliphatic heterocycles. The Morgan fingerprint density at radius 2 is 2.16 bits per heavy atom. The Kier molecular flexibility index (Phi) is 3.39. The molecular formula is C12H15N5O2. The maximum absolute atomic E-state index is 12.1. The van der Waals surface area contributed by atoms with E-state index in [2.05, 4.69) is 25.9 Å². The maximum atomic E-state index is 12.1. The summed E-state index contributed by atoms with van der Waals surface area (Å²) in [7, 11) is 0. The van der Waals surface area contributed by atoms with Gasteiger partial charge in [0, 0.05) is 37.6 Å². The molecule has 1 saturated heterocycles. The van der Waals surface area contributed by atoms with Crippen LogP contribution in [0.5, 0.6) is 0 Å². The molecular weight excluding hydrogens is 246 g/mol. The van der Waals surface area contributed by atoms with E-state index >= 15 is 0 Å². The van der Waals surface area contributed by atoms with Crippen molar-refractivity contribution < 1.29 is 9.53 Å². The van der Waals surface area contributed by atoms with Crippen molar-refractivity contribution in [3.05, 3.63) is 29.6 Å². The van der Waals surface area contributed by atoms with Crippen LogP contribution in [0, 0.1) is 0 Å². The van der Waals surface area contributed by atoms with Crippen molar-refractivity contribution in [1.82, 2.24) is 20.9 Å². The smallest absolute Gasteiger partial charge is 0.347 e. The number of hydrogen-bond acceptors (Lipinski definition) is 7.